The van der Waals surface area contributed by atoms with E-state index in [0.717, 1.165) is 23.1 Å². The third-order valence-corrected chi connectivity index (χ3v) is 4.68. The highest BCUT2D eigenvalue weighted by Crippen LogP contribution is 2.37. The molecule has 0 aromatic heterocycles. The number of aryl methyl sites for hydroxylation is 3. The van der Waals surface area contributed by atoms with Gasteiger partial charge in [0, 0.05) is 12.3 Å². The third kappa shape index (κ3) is 3.29. The van der Waals surface area contributed by atoms with Crippen LogP contribution in [-0.2, 0) is 22.4 Å². The van der Waals surface area contributed by atoms with Crippen molar-refractivity contribution in [1.29, 1.82) is 0 Å². The van der Waals surface area contributed by atoms with Gasteiger partial charge < -0.3 is 5.11 Å². The van der Waals surface area contributed by atoms with E-state index >= 15 is 0 Å². The van der Waals surface area contributed by atoms with Gasteiger partial charge in [-0.25, -0.2) is 0 Å². The minimum absolute atomic E-state index is 0.0349. The van der Waals surface area contributed by atoms with Crippen LogP contribution in [0.1, 0.15) is 42.0 Å². The third-order valence-electron chi connectivity index (χ3n) is 4.68. The van der Waals surface area contributed by atoms with E-state index in [0.29, 0.717) is 19.3 Å². The maximum Gasteiger partial charge on any atom is 0.307 e. The van der Waals surface area contributed by atoms with Crippen LogP contribution in [-0.4, -0.2) is 16.9 Å². The fraction of sp³-hybridized carbons (Fsp3) is 0.474. The van der Waals surface area contributed by atoms with Crippen molar-refractivity contribution in [1.82, 2.24) is 0 Å². The lowest BCUT2D eigenvalue weighted by molar-refractivity contribution is -0.145. The summed E-state index contributed by atoms with van der Waals surface area (Å²) in [5.41, 5.74) is 5.45. The number of ketones is 1. The highest BCUT2D eigenvalue weighted by molar-refractivity contribution is 5.89. The van der Waals surface area contributed by atoms with Crippen LogP contribution >= 0.6 is 0 Å². The molecule has 3 nitrogen and oxygen atoms in total. The highest BCUT2D eigenvalue weighted by atomic mass is 16.4. The molecule has 0 heterocycles. The van der Waals surface area contributed by atoms with E-state index in [-0.39, 0.29) is 5.78 Å². The van der Waals surface area contributed by atoms with Gasteiger partial charge in [0.1, 0.15) is 5.78 Å². The number of allylic oxidation sites excluding steroid dienone is 1. The van der Waals surface area contributed by atoms with Crippen molar-refractivity contribution in [3.05, 3.63) is 46.5 Å². The Morgan fingerprint density at radius 3 is 2.45 bits per heavy atom. The molecule has 0 aliphatic heterocycles. The van der Waals surface area contributed by atoms with E-state index in [1.807, 2.05) is 6.92 Å². The van der Waals surface area contributed by atoms with Gasteiger partial charge in [-0.2, -0.15) is 0 Å². The molecule has 0 saturated heterocycles. The van der Waals surface area contributed by atoms with E-state index in [1.54, 1.807) is 0 Å². The molecule has 0 bridgehead atoms. The molecule has 0 spiro atoms. The van der Waals surface area contributed by atoms with Gasteiger partial charge >= 0.3 is 5.97 Å². The minimum Gasteiger partial charge on any atom is -0.481 e. The zero-order valence-electron chi connectivity index (χ0n) is 13.6. The molecule has 0 radical (unpaired) electrons. The minimum atomic E-state index is -0.881. The molecule has 118 valence electrons. The van der Waals surface area contributed by atoms with Gasteiger partial charge in [-0.05, 0) is 49.8 Å². The number of hydrogen-bond donors (Lipinski definition) is 1. The van der Waals surface area contributed by atoms with Crippen LogP contribution in [0.25, 0.3) is 0 Å². The number of carbonyl (C=O) groups is 2. The molecule has 0 unspecified atom stereocenters. The molecule has 1 N–H and O–H groups in total. The lowest BCUT2D eigenvalue weighted by Crippen LogP contribution is -2.27. The van der Waals surface area contributed by atoms with Crippen molar-refractivity contribution in [3.63, 3.8) is 0 Å². The maximum atomic E-state index is 12.7. The van der Waals surface area contributed by atoms with Crippen LogP contribution in [0.2, 0.25) is 0 Å². The van der Waals surface area contributed by atoms with Crippen LogP contribution in [0.3, 0.4) is 0 Å². The lowest BCUT2D eigenvalue weighted by Gasteiger charge is -2.17. The number of hydrogen-bond acceptors (Lipinski definition) is 2. The Morgan fingerprint density at radius 2 is 1.86 bits per heavy atom. The smallest absolute Gasteiger partial charge is 0.307 e. The van der Waals surface area contributed by atoms with E-state index < -0.39 is 17.8 Å². The van der Waals surface area contributed by atoms with Crippen molar-refractivity contribution in [2.45, 2.75) is 46.5 Å². The summed E-state index contributed by atoms with van der Waals surface area (Å²) < 4.78 is 0. The number of carbonyl (C=O) groups excluding carboxylic acids is 1. The largest absolute Gasteiger partial charge is 0.481 e. The van der Waals surface area contributed by atoms with Crippen molar-refractivity contribution in [2.75, 3.05) is 0 Å². The molecule has 1 aliphatic carbocycles. The molecule has 1 fully saturated rings. The Morgan fingerprint density at radius 1 is 1.23 bits per heavy atom. The number of carboxylic acids is 1. The quantitative estimate of drug-likeness (QED) is 0.845. The second-order valence-electron chi connectivity index (χ2n) is 6.43. The van der Waals surface area contributed by atoms with Crippen LogP contribution in [0.5, 0.6) is 0 Å². The molecular formula is C19H24O3. The fourth-order valence-corrected chi connectivity index (χ4v) is 3.55. The van der Waals surface area contributed by atoms with Crippen LogP contribution < -0.4 is 0 Å². The number of aliphatic carboxylic acids is 1. The molecule has 1 aromatic carbocycles. The number of Topliss-reactive ketones (excluding diaryl/α,β-unsaturated/α-hetero) is 1. The molecule has 1 aromatic rings. The maximum absolute atomic E-state index is 12.7. The molecule has 3 heteroatoms. The average molecular weight is 300 g/mol. The summed E-state index contributed by atoms with van der Waals surface area (Å²) in [6.07, 6.45) is 2.16. The van der Waals surface area contributed by atoms with Crippen molar-refractivity contribution < 1.29 is 14.7 Å². The summed E-state index contributed by atoms with van der Waals surface area (Å²) in [7, 11) is 0. The van der Waals surface area contributed by atoms with Crippen molar-refractivity contribution in [2.24, 2.45) is 11.8 Å². The predicted octanol–water partition coefficient (Wildman–Crippen LogP) is 3.64. The fourth-order valence-electron chi connectivity index (χ4n) is 3.55. The summed E-state index contributed by atoms with van der Waals surface area (Å²) in [5, 5.41) is 9.31. The first kappa shape index (κ1) is 16.5. The second-order valence-corrected chi connectivity index (χ2v) is 6.43. The van der Waals surface area contributed by atoms with Gasteiger partial charge in [0.15, 0.2) is 0 Å². The van der Waals surface area contributed by atoms with E-state index in [2.05, 4.69) is 32.6 Å². The van der Waals surface area contributed by atoms with E-state index in [4.69, 9.17) is 0 Å². The van der Waals surface area contributed by atoms with Crippen molar-refractivity contribution >= 4 is 11.8 Å². The van der Waals surface area contributed by atoms with Gasteiger partial charge in [0.25, 0.3) is 0 Å². The van der Waals surface area contributed by atoms with E-state index in [9.17, 15) is 14.7 Å². The Balaban J connectivity index is 2.26. The number of benzene rings is 1. The summed E-state index contributed by atoms with van der Waals surface area (Å²) in [5.74, 6) is -1.87. The number of carboxylic acid groups (broad SMARTS) is 1. The summed E-state index contributed by atoms with van der Waals surface area (Å²) >= 11 is 0. The topological polar surface area (TPSA) is 54.4 Å². The molecule has 1 aliphatic rings. The standard InChI is InChI=1S/C19H24O3/c1-5-14-7-11(2)6-13(4)15(14)10-18(20)16-8-12(3)9-17(16)19(21)22/h6-7,16-17H,3,5,8-10H2,1-2,4H3,(H,21,22)/t16-,17-/m1/s1. The normalized spacial score (nSPS) is 21.1. The highest BCUT2D eigenvalue weighted by Gasteiger charge is 2.39. The zero-order valence-corrected chi connectivity index (χ0v) is 13.6. The lowest BCUT2D eigenvalue weighted by atomic mass is 9.86. The average Bonchev–Trinajstić information content (AvgIpc) is 2.83. The van der Waals surface area contributed by atoms with Crippen LogP contribution in [0.15, 0.2) is 24.3 Å². The van der Waals surface area contributed by atoms with Gasteiger partial charge in [-0.3, -0.25) is 9.59 Å². The van der Waals surface area contributed by atoms with Gasteiger partial charge in [0.05, 0.1) is 5.92 Å². The Bertz CT molecular complexity index is 628. The van der Waals surface area contributed by atoms with Gasteiger partial charge in [-0.15, -0.1) is 0 Å². The summed E-state index contributed by atoms with van der Waals surface area (Å²) in [6, 6.07) is 4.21. The molecule has 0 amide bonds. The van der Waals surface area contributed by atoms with Crippen LogP contribution in [0, 0.1) is 25.7 Å². The van der Waals surface area contributed by atoms with Gasteiger partial charge in [0.2, 0.25) is 0 Å². The Labute approximate surface area is 132 Å². The monoisotopic (exact) mass is 300 g/mol. The zero-order chi connectivity index (χ0) is 16.4. The molecular weight excluding hydrogens is 276 g/mol. The molecule has 2 atom stereocenters. The SMILES string of the molecule is C=C1C[C@@H](C(=O)O)[C@H](C(=O)Cc2c(C)cc(C)cc2CC)C1. The van der Waals surface area contributed by atoms with E-state index in [1.165, 1.54) is 11.1 Å². The first-order chi connectivity index (χ1) is 10.3. The van der Waals surface area contributed by atoms with Crippen LogP contribution in [0.4, 0.5) is 0 Å². The summed E-state index contributed by atoms with van der Waals surface area (Å²) in [6.45, 7) is 10.0. The number of rotatable bonds is 5. The van der Waals surface area contributed by atoms with Gasteiger partial charge in [-0.1, -0.05) is 36.8 Å². The second kappa shape index (κ2) is 6.47. The Hall–Kier alpha value is -1.90. The molecule has 2 rings (SSSR count). The van der Waals surface area contributed by atoms with Crippen molar-refractivity contribution in [3.8, 4) is 0 Å². The molecule has 1 saturated carbocycles. The first-order valence-corrected chi connectivity index (χ1v) is 7.84. The molecule has 22 heavy (non-hydrogen) atoms. The predicted molar refractivity (Wildman–Crippen MR) is 87.0 cm³/mol. The first-order valence-electron chi connectivity index (χ1n) is 7.84. The Kier molecular flexibility index (Phi) is 4.84. The summed E-state index contributed by atoms with van der Waals surface area (Å²) in [4.78, 5) is 24.0.